The van der Waals surface area contributed by atoms with Crippen LogP contribution in [-0.2, 0) is 0 Å². The average Bonchev–Trinajstić information content (AvgIpc) is 2.64. The molecule has 6 heteroatoms. The van der Waals surface area contributed by atoms with E-state index in [0.717, 1.165) is 5.56 Å². The zero-order valence-corrected chi connectivity index (χ0v) is 13.7. The predicted molar refractivity (Wildman–Crippen MR) is 98.9 cm³/mol. The summed E-state index contributed by atoms with van der Waals surface area (Å²) in [5, 5.41) is 0.554. The maximum atomic E-state index is 12.2. The monoisotopic (exact) mass is 349 g/mol. The molecular weight excluding hydrogens is 338 g/mol. The molecule has 1 aromatic carbocycles. The third kappa shape index (κ3) is 2.75. The Morgan fingerprint density at radius 2 is 1.72 bits per heavy atom. The number of rotatable bonds is 2. The van der Waals surface area contributed by atoms with E-state index in [4.69, 9.17) is 11.6 Å². The van der Waals surface area contributed by atoms with E-state index in [1.165, 1.54) is 6.07 Å². The third-order valence-corrected chi connectivity index (χ3v) is 4.24. The number of hydrogen-bond acceptors (Lipinski definition) is 3. The lowest BCUT2D eigenvalue weighted by molar-refractivity contribution is 1.23. The zero-order valence-electron chi connectivity index (χ0n) is 12.9. The molecule has 0 spiro atoms. The number of nitrogens with one attached hydrogen (secondary N) is 2. The van der Waals surface area contributed by atoms with Gasteiger partial charge in [-0.15, -0.1) is 0 Å². The first kappa shape index (κ1) is 15.4. The Morgan fingerprint density at radius 3 is 2.48 bits per heavy atom. The van der Waals surface area contributed by atoms with Crippen molar-refractivity contribution >= 4 is 22.6 Å². The molecule has 0 aliphatic heterocycles. The summed E-state index contributed by atoms with van der Waals surface area (Å²) in [5.41, 5.74) is 3.00. The highest BCUT2D eigenvalue weighted by Crippen LogP contribution is 2.32. The molecule has 3 heterocycles. The van der Waals surface area contributed by atoms with Crippen LogP contribution in [0.3, 0.4) is 0 Å². The van der Waals surface area contributed by atoms with E-state index in [1.807, 2.05) is 30.3 Å². The zero-order chi connectivity index (χ0) is 17.4. The maximum absolute atomic E-state index is 12.2. The number of pyridine rings is 3. The van der Waals surface area contributed by atoms with Crippen molar-refractivity contribution in [2.24, 2.45) is 0 Å². The van der Waals surface area contributed by atoms with Crippen molar-refractivity contribution in [2.75, 3.05) is 0 Å². The molecule has 25 heavy (non-hydrogen) atoms. The number of halogens is 1. The maximum Gasteiger partial charge on any atom is 0.266 e. The van der Waals surface area contributed by atoms with E-state index >= 15 is 0 Å². The van der Waals surface area contributed by atoms with Crippen molar-refractivity contribution in [2.45, 2.75) is 0 Å². The number of H-pyrrole nitrogens is 2. The van der Waals surface area contributed by atoms with Gasteiger partial charge in [0.05, 0.1) is 11.1 Å². The van der Waals surface area contributed by atoms with Crippen LogP contribution in [-0.4, -0.2) is 15.0 Å². The van der Waals surface area contributed by atoms with Gasteiger partial charge < -0.3 is 9.97 Å². The first-order chi connectivity index (χ1) is 12.1. The lowest BCUT2D eigenvalue weighted by Crippen LogP contribution is -2.06. The van der Waals surface area contributed by atoms with Crippen molar-refractivity contribution in [1.29, 1.82) is 0 Å². The number of aromatic nitrogens is 3. The molecule has 4 aromatic rings. The summed E-state index contributed by atoms with van der Waals surface area (Å²) in [6.07, 6.45) is 3.14. The van der Waals surface area contributed by atoms with Crippen LogP contribution in [0.1, 0.15) is 0 Å². The Hall–Kier alpha value is -3.18. The lowest BCUT2D eigenvalue weighted by Gasteiger charge is -2.11. The summed E-state index contributed by atoms with van der Waals surface area (Å²) in [7, 11) is 0. The van der Waals surface area contributed by atoms with E-state index in [-0.39, 0.29) is 16.0 Å². The molecule has 2 N–H and O–H groups in total. The Kier molecular flexibility index (Phi) is 3.71. The molecule has 0 fully saturated rings. The molecular formula is C19H12ClN3O2. The van der Waals surface area contributed by atoms with Gasteiger partial charge in [0.2, 0.25) is 0 Å². The topological polar surface area (TPSA) is 78.6 Å². The predicted octanol–water partition coefficient (Wildman–Crippen LogP) is 3.60. The number of benzene rings is 1. The quantitative estimate of drug-likeness (QED) is 0.580. The summed E-state index contributed by atoms with van der Waals surface area (Å²) in [5.74, 6) is 0. The van der Waals surface area contributed by atoms with Crippen molar-refractivity contribution < 1.29 is 0 Å². The molecule has 0 bridgehead atoms. The van der Waals surface area contributed by atoms with Gasteiger partial charge in [-0.25, -0.2) is 4.98 Å². The molecule has 3 aromatic heterocycles. The molecule has 0 aliphatic rings. The van der Waals surface area contributed by atoms with Gasteiger partial charge in [0.1, 0.15) is 10.7 Å². The third-order valence-electron chi connectivity index (χ3n) is 3.96. The highest BCUT2D eigenvalue weighted by Gasteiger charge is 2.14. The van der Waals surface area contributed by atoms with Gasteiger partial charge in [-0.1, -0.05) is 41.9 Å². The van der Waals surface area contributed by atoms with E-state index in [0.29, 0.717) is 27.9 Å². The summed E-state index contributed by atoms with van der Waals surface area (Å²) in [6.45, 7) is 0. The van der Waals surface area contributed by atoms with Crippen LogP contribution < -0.4 is 11.0 Å². The van der Waals surface area contributed by atoms with E-state index in [2.05, 4.69) is 15.0 Å². The summed E-state index contributed by atoms with van der Waals surface area (Å²) >= 11 is 5.98. The van der Waals surface area contributed by atoms with Crippen LogP contribution in [0, 0.1) is 0 Å². The molecule has 0 saturated heterocycles. The van der Waals surface area contributed by atoms with Gasteiger partial charge >= 0.3 is 0 Å². The van der Waals surface area contributed by atoms with Gasteiger partial charge in [-0.3, -0.25) is 9.59 Å². The highest BCUT2D eigenvalue weighted by molar-refractivity contribution is 6.30. The highest BCUT2D eigenvalue weighted by atomic mass is 35.5. The summed E-state index contributed by atoms with van der Waals surface area (Å²) in [4.78, 5) is 34.0. The fraction of sp³-hybridized carbons (Fsp3) is 0. The Balaban J connectivity index is 2.09. The minimum absolute atomic E-state index is 0.0820. The normalized spacial score (nSPS) is 10.9. The van der Waals surface area contributed by atoms with Crippen molar-refractivity contribution in [1.82, 2.24) is 15.0 Å². The second-order valence-corrected chi connectivity index (χ2v) is 5.96. The van der Waals surface area contributed by atoms with Crippen molar-refractivity contribution in [3.8, 4) is 22.4 Å². The van der Waals surface area contributed by atoms with Gasteiger partial charge in [-0.2, -0.15) is 0 Å². The number of nitrogens with zero attached hydrogens (tertiary/aromatic N) is 1. The van der Waals surface area contributed by atoms with Crippen LogP contribution in [0.25, 0.3) is 33.4 Å². The SMILES string of the molecule is O=c1[nH]cc(-c2cc3c(=O)cc[nH]c3nc2-c2ccccc2)cc1Cl. The fourth-order valence-electron chi connectivity index (χ4n) is 2.74. The van der Waals surface area contributed by atoms with Gasteiger partial charge in [0.25, 0.3) is 5.56 Å². The Morgan fingerprint density at radius 1 is 0.920 bits per heavy atom. The molecule has 4 rings (SSSR count). The molecule has 0 unspecified atom stereocenters. The summed E-state index contributed by atoms with van der Waals surface area (Å²) in [6, 6.07) is 14.4. The van der Waals surface area contributed by atoms with Gasteiger partial charge in [0.15, 0.2) is 5.43 Å². The lowest BCUT2D eigenvalue weighted by atomic mass is 9.99. The molecule has 0 amide bonds. The minimum atomic E-state index is -0.363. The number of hydrogen-bond donors (Lipinski definition) is 2. The number of aromatic amines is 2. The molecule has 0 atom stereocenters. The smallest absolute Gasteiger partial charge is 0.266 e. The van der Waals surface area contributed by atoms with E-state index in [9.17, 15) is 9.59 Å². The molecule has 122 valence electrons. The van der Waals surface area contributed by atoms with Crippen LogP contribution in [0.5, 0.6) is 0 Å². The van der Waals surface area contributed by atoms with Crippen LogP contribution >= 0.6 is 11.6 Å². The second kappa shape index (κ2) is 6.03. The van der Waals surface area contributed by atoms with Crippen LogP contribution in [0.4, 0.5) is 0 Å². The Bertz CT molecular complexity index is 1200. The largest absolute Gasteiger partial charge is 0.346 e. The van der Waals surface area contributed by atoms with Crippen LogP contribution in [0.2, 0.25) is 5.02 Å². The first-order valence-electron chi connectivity index (χ1n) is 7.60. The van der Waals surface area contributed by atoms with E-state index < -0.39 is 0 Å². The molecule has 0 saturated carbocycles. The second-order valence-electron chi connectivity index (χ2n) is 5.55. The van der Waals surface area contributed by atoms with Gasteiger partial charge in [-0.05, 0) is 12.1 Å². The molecule has 0 aliphatic carbocycles. The van der Waals surface area contributed by atoms with Crippen molar-refractivity contribution in [3.63, 3.8) is 0 Å². The number of fused-ring (bicyclic) bond motifs is 1. The standard InChI is InChI=1S/C19H12ClN3O2/c20-15-8-12(10-22-19(15)25)13-9-14-16(24)6-7-21-18(14)23-17(13)11-4-2-1-3-5-11/h1-10H,(H,22,25)(H,21,23,24). The first-order valence-corrected chi connectivity index (χ1v) is 7.98. The minimum Gasteiger partial charge on any atom is -0.346 e. The van der Waals surface area contributed by atoms with Crippen molar-refractivity contribution in [3.05, 3.63) is 86.5 Å². The molecule has 5 nitrogen and oxygen atoms in total. The average molecular weight is 350 g/mol. The summed E-state index contributed by atoms with van der Waals surface area (Å²) < 4.78 is 0. The van der Waals surface area contributed by atoms with E-state index in [1.54, 1.807) is 24.5 Å². The Labute approximate surface area is 147 Å². The van der Waals surface area contributed by atoms with Crippen LogP contribution in [0.15, 0.2) is 70.5 Å². The van der Waals surface area contributed by atoms with Gasteiger partial charge in [0, 0.05) is 35.2 Å². The fourth-order valence-corrected chi connectivity index (χ4v) is 2.92. The molecule has 0 radical (unpaired) electrons.